The molecule has 0 radical (unpaired) electrons. The Morgan fingerprint density at radius 3 is 2.23 bits per heavy atom. The second kappa shape index (κ2) is 9.50. The molecule has 0 saturated heterocycles. The van der Waals surface area contributed by atoms with E-state index >= 15 is 0 Å². The van der Waals surface area contributed by atoms with Crippen molar-refractivity contribution in [3.05, 3.63) is 63.1 Å². The van der Waals surface area contributed by atoms with Gasteiger partial charge in [0.1, 0.15) is 17.6 Å². The Hall–Kier alpha value is -1.59. The number of carbonyl (C=O) groups excluding carboxylic acids is 1. The van der Waals surface area contributed by atoms with E-state index in [0.29, 0.717) is 33.1 Å². The van der Waals surface area contributed by atoms with Crippen molar-refractivity contribution >= 4 is 52.1 Å². The zero-order valence-corrected chi connectivity index (χ0v) is 19.6. The summed E-state index contributed by atoms with van der Waals surface area (Å²) in [5, 5.41) is 6.80. The normalized spacial score (nSPS) is 24.6. The molecule has 1 amide bonds. The van der Waals surface area contributed by atoms with Crippen molar-refractivity contribution in [1.29, 1.82) is 0 Å². The maximum absolute atomic E-state index is 12.2. The molecule has 2 unspecified atom stereocenters. The average Bonchev–Trinajstić information content (AvgIpc) is 2.92. The molecule has 0 aromatic heterocycles. The molecule has 4 rings (SSSR count). The van der Waals surface area contributed by atoms with Gasteiger partial charge in [-0.2, -0.15) is 4.59 Å². The van der Waals surface area contributed by atoms with Gasteiger partial charge in [0.15, 0.2) is 11.4 Å². The van der Waals surface area contributed by atoms with Gasteiger partial charge in [0.05, 0.1) is 6.42 Å². The molecule has 1 heterocycles. The van der Waals surface area contributed by atoms with Gasteiger partial charge in [0.25, 0.3) is 5.91 Å². The number of halogens is 3. The minimum Gasteiger partial charge on any atom is -0.364 e. The summed E-state index contributed by atoms with van der Waals surface area (Å²) in [6.45, 7) is 0.769. The van der Waals surface area contributed by atoms with E-state index in [4.69, 9.17) is 45.6 Å². The minimum absolute atomic E-state index is 0.110. The Morgan fingerprint density at radius 1 is 0.968 bits per heavy atom. The molecule has 1 saturated carbocycles. The highest BCUT2D eigenvalue weighted by molar-refractivity contribution is 6.39. The van der Waals surface area contributed by atoms with Gasteiger partial charge in [-0.25, -0.2) is 0 Å². The fourth-order valence-electron chi connectivity index (χ4n) is 5.08. The van der Waals surface area contributed by atoms with Gasteiger partial charge in [-0.1, -0.05) is 77.7 Å². The summed E-state index contributed by atoms with van der Waals surface area (Å²) in [5.41, 5.74) is 8.04. The number of hydrogen-bond donors (Lipinski definition) is 1. The third-order valence-corrected chi connectivity index (χ3v) is 7.37. The van der Waals surface area contributed by atoms with Gasteiger partial charge in [-0.05, 0) is 37.1 Å². The Kier molecular flexibility index (Phi) is 6.92. The van der Waals surface area contributed by atoms with Crippen LogP contribution in [0.15, 0.2) is 47.6 Å². The molecular weight excluding hydrogens is 453 g/mol. The first-order valence-corrected chi connectivity index (χ1v) is 12.0. The zero-order valence-electron chi connectivity index (χ0n) is 17.4. The molecule has 2 atom stereocenters. The van der Waals surface area contributed by atoms with Crippen LogP contribution in [0.5, 0.6) is 0 Å². The van der Waals surface area contributed by atoms with Crippen LogP contribution in [0.25, 0.3) is 0 Å². The smallest absolute Gasteiger partial charge is 0.268 e. The Morgan fingerprint density at radius 2 is 1.61 bits per heavy atom. The molecule has 164 valence electrons. The third kappa shape index (κ3) is 4.78. The number of primary amides is 1. The van der Waals surface area contributed by atoms with Crippen molar-refractivity contribution in [1.82, 2.24) is 4.59 Å². The van der Waals surface area contributed by atoms with Crippen molar-refractivity contribution in [3.8, 4) is 0 Å². The largest absolute Gasteiger partial charge is 0.364 e. The Bertz CT molecular complexity index is 984. The average molecular weight is 480 g/mol. The van der Waals surface area contributed by atoms with Crippen LogP contribution in [0.2, 0.25) is 15.1 Å². The van der Waals surface area contributed by atoms with Crippen LogP contribution in [-0.2, 0) is 4.79 Å². The fourth-order valence-corrected chi connectivity index (χ4v) is 5.76. The van der Waals surface area contributed by atoms with Crippen LogP contribution in [0.3, 0.4) is 0 Å². The zero-order chi connectivity index (χ0) is 22.0. The molecule has 2 aromatic rings. The van der Waals surface area contributed by atoms with Gasteiger partial charge in [-0.15, -0.1) is 0 Å². The summed E-state index contributed by atoms with van der Waals surface area (Å²) in [6, 6.07) is 13.2. The predicted molar refractivity (Wildman–Crippen MR) is 130 cm³/mol. The van der Waals surface area contributed by atoms with E-state index in [2.05, 4.69) is 0 Å². The van der Waals surface area contributed by atoms with E-state index in [1.807, 2.05) is 36.4 Å². The minimum atomic E-state index is -0.482. The maximum atomic E-state index is 12.2. The van der Waals surface area contributed by atoms with Gasteiger partial charge < -0.3 is 5.73 Å². The van der Waals surface area contributed by atoms with Crippen LogP contribution in [0, 0.1) is 5.92 Å². The van der Waals surface area contributed by atoms with Crippen molar-refractivity contribution in [3.63, 3.8) is 0 Å². The number of benzene rings is 2. The monoisotopic (exact) mass is 478 g/mol. The lowest BCUT2D eigenvalue weighted by Crippen LogP contribution is -2.48. The SMILES string of the molecule is NC(=O)C1=N[N+](CC2CCCCCC2)(c2ccc(Cl)cc2Cl)C(c2ccc(Cl)cc2)C1. The van der Waals surface area contributed by atoms with Crippen LogP contribution < -0.4 is 10.3 Å². The highest BCUT2D eigenvalue weighted by Crippen LogP contribution is 2.48. The summed E-state index contributed by atoms with van der Waals surface area (Å²) in [5.74, 6) is 0.00457. The first-order valence-electron chi connectivity index (χ1n) is 10.9. The molecule has 7 heteroatoms. The Balaban J connectivity index is 1.87. The van der Waals surface area contributed by atoms with Crippen molar-refractivity contribution in [2.45, 2.75) is 51.0 Å². The fraction of sp³-hybridized carbons (Fsp3) is 0.417. The lowest BCUT2D eigenvalue weighted by molar-refractivity contribution is -0.112. The van der Waals surface area contributed by atoms with E-state index in [1.165, 1.54) is 25.7 Å². The van der Waals surface area contributed by atoms with E-state index in [9.17, 15) is 4.79 Å². The maximum Gasteiger partial charge on any atom is 0.268 e. The van der Waals surface area contributed by atoms with E-state index in [1.54, 1.807) is 6.07 Å². The van der Waals surface area contributed by atoms with E-state index in [-0.39, 0.29) is 10.6 Å². The summed E-state index contributed by atoms with van der Waals surface area (Å²) in [6.07, 6.45) is 7.75. The van der Waals surface area contributed by atoms with Crippen LogP contribution in [0.4, 0.5) is 5.69 Å². The first-order chi connectivity index (χ1) is 14.9. The van der Waals surface area contributed by atoms with E-state index in [0.717, 1.165) is 30.6 Å². The molecule has 1 aliphatic heterocycles. The second-order valence-corrected chi connectivity index (χ2v) is 9.93. The summed E-state index contributed by atoms with van der Waals surface area (Å²) in [7, 11) is 0. The molecule has 0 bridgehead atoms. The topological polar surface area (TPSA) is 55.5 Å². The Labute approximate surface area is 198 Å². The van der Waals surface area contributed by atoms with Gasteiger partial charge in [0.2, 0.25) is 0 Å². The first kappa shape index (κ1) is 22.6. The summed E-state index contributed by atoms with van der Waals surface area (Å²) < 4.78 is 0.237. The number of rotatable bonds is 5. The second-order valence-electron chi connectivity index (χ2n) is 8.64. The molecule has 4 nitrogen and oxygen atoms in total. The van der Waals surface area contributed by atoms with Crippen molar-refractivity contribution < 1.29 is 4.79 Å². The standard InChI is InChI=1S/C24H26Cl3N3O/c25-18-9-7-17(8-10-18)23-14-21(24(28)31)29-30(23,15-16-5-3-1-2-4-6-16)22-12-11-19(26)13-20(22)27/h7-13,16,23H,1-6,14-15H2,(H-,28,31)/p+1. The van der Waals surface area contributed by atoms with Crippen LogP contribution in [-0.4, -0.2) is 18.2 Å². The number of nitrogens with zero attached hydrogens (tertiary/aromatic N) is 2. The lowest BCUT2D eigenvalue weighted by Gasteiger charge is -2.38. The summed E-state index contributed by atoms with van der Waals surface area (Å²) >= 11 is 19.1. The number of carbonyl (C=O) groups is 1. The number of hydrogen-bond acceptors (Lipinski definition) is 2. The quantitative estimate of drug-likeness (QED) is 0.367. The molecule has 31 heavy (non-hydrogen) atoms. The van der Waals surface area contributed by atoms with Gasteiger partial charge >= 0.3 is 0 Å². The number of nitrogens with two attached hydrogens (primary N) is 1. The molecule has 1 aliphatic carbocycles. The predicted octanol–water partition coefficient (Wildman–Crippen LogP) is 6.91. The molecule has 0 spiro atoms. The number of amides is 1. The lowest BCUT2D eigenvalue weighted by atomic mass is 9.94. The summed E-state index contributed by atoms with van der Waals surface area (Å²) in [4.78, 5) is 12.2. The van der Waals surface area contributed by atoms with Crippen molar-refractivity contribution in [2.75, 3.05) is 6.54 Å². The molecule has 2 aliphatic rings. The molecule has 2 aromatic carbocycles. The van der Waals surface area contributed by atoms with Gasteiger partial charge in [-0.3, -0.25) is 4.79 Å². The molecule has 2 N–H and O–H groups in total. The number of quaternary nitrogens is 1. The molecular formula is C24H27Cl3N3O+. The highest BCUT2D eigenvalue weighted by Gasteiger charge is 2.50. The van der Waals surface area contributed by atoms with E-state index < -0.39 is 5.91 Å². The van der Waals surface area contributed by atoms with Crippen LogP contribution >= 0.6 is 34.8 Å². The third-order valence-electron chi connectivity index (χ3n) is 6.58. The molecule has 1 fully saturated rings. The van der Waals surface area contributed by atoms with Crippen LogP contribution in [0.1, 0.15) is 56.6 Å². The van der Waals surface area contributed by atoms with Crippen molar-refractivity contribution in [2.24, 2.45) is 16.8 Å². The van der Waals surface area contributed by atoms with Gasteiger partial charge in [0, 0.05) is 27.6 Å². The highest BCUT2D eigenvalue weighted by atomic mass is 35.5.